The number of aryl methyl sites for hydroxylation is 1. The van der Waals surface area contributed by atoms with E-state index in [2.05, 4.69) is 5.10 Å². The Morgan fingerprint density at radius 1 is 1.33 bits per heavy atom. The minimum absolute atomic E-state index is 0.313. The molecule has 0 unspecified atom stereocenters. The minimum Gasteiger partial charge on any atom is -0.298 e. The molecule has 94 valence electrons. The number of aldehydes is 1. The summed E-state index contributed by atoms with van der Waals surface area (Å²) in [5.41, 5.74) is 1.84. The monoisotopic (exact) mass is 302 g/mol. The summed E-state index contributed by atoms with van der Waals surface area (Å²) in [6, 6.07) is 5.20. The Bertz CT molecular complexity index is 608. The predicted molar refractivity (Wildman–Crippen MR) is 72.9 cm³/mol. The van der Waals surface area contributed by atoms with Crippen LogP contribution < -0.4 is 0 Å². The molecule has 0 amide bonds. The van der Waals surface area contributed by atoms with Gasteiger partial charge in [0.05, 0.1) is 17.8 Å². The van der Waals surface area contributed by atoms with E-state index in [1.165, 1.54) is 4.68 Å². The number of rotatable bonds is 3. The molecule has 1 aromatic carbocycles. The van der Waals surface area contributed by atoms with Crippen LogP contribution in [0, 0.1) is 6.92 Å². The maximum Gasteiger partial charge on any atom is 0.155 e. The Morgan fingerprint density at radius 3 is 2.61 bits per heavy atom. The molecule has 0 spiro atoms. The Labute approximate surface area is 119 Å². The topological polar surface area (TPSA) is 34.9 Å². The Balaban J connectivity index is 2.37. The zero-order chi connectivity index (χ0) is 13.3. The van der Waals surface area contributed by atoms with Gasteiger partial charge in [0.1, 0.15) is 5.15 Å². The summed E-state index contributed by atoms with van der Waals surface area (Å²) in [6.45, 7) is 2.12. The van der Waals surface area contributed by atoms with Crippen molar-refractivity contribution in [3.05, 3.63) is 50.2 Å². The number of benzene rings is 1. The first kappa shape index (κ1) is 13.4. The minimum atomic E-state index is 0.313. The molecule has 0 saturated carbocycles. The fraction of sp³-hybridized carbons (Fsp3) is 0.167. The van der Waals surface area contributed by atoms with E-state index in [9.17, 15) is 4.79 Å². The molecule has 2 aromatic rings. The Hall–Kier alpha value is -1.03. The number of aromatic nitrogens is 2. The quantitative estimate of drug-likeness (QED) is 0.803. The fourth-order valence-electron chi connectivity index (χ4n) is 1.62. The van der Waals surface area contributed by atoms with Gasteiger partial charge < -0.3 is 0 Å². The van der Waals surface area contributed by atoms with Gasteiger partial charge in [0.15, 0.2) is 6.29 Å². The van der Waals surface area contributed by atoms with Crippen LogP contribution in [-0.2, 0) is 6.54 Å². The maximum atomic E-state index is 10.8. The zero-order valence-corrected chi connectivity index (χ0v) is 11.7. The molecule has 1 heterocycles. The summed E-state index contributed by atoms with van der Waals surface area (Å²) in [5.74, 6) is 0. The van der Waals surface area contributed by atoms with Crippen LogP contribution in [0.5, 0.6) is 0 Å². The molecule has 0 aliphatic heterocycles. The third-order valence-electron chi connectivity index (χ3n) is 2.56. The van der Waals surface area contributed by atoms with Crippen molar-refractivity contribution in [1.29, 1.82) is 0 Å². The van der Waals surface area contributed by atoms with Crippen molar-refractivity contribution in [2.75, 3.05) is 0 Å². The Kier molecular flexibility index (Phi) is 3.95. The number of carbonyl (C=O) groups is 1. The highest BCUT2D eigenvalue weighted by atomic mass is 35.5. The second-order valence-corrected chi connectivity index (χ2v) is 5.00. The number of carbonyl (C=O) groups excluding carboxylic acids is 1. The number of hydrogen-bond acceptors (Lipinski definition) is 2. The summed E-state index contributed by atoms with van der Waals surface area (Å²) in [5, 5.41) is 5.63. The van der Waals surface area contributed by atoms with Crippen molar-refractivity contribution in [2.24, 2.45) is 0 Å². The van der Waals surface area contributed by atoms with Crippen molar-refractivity contribution in [1.82, 2.24) is 9.78 Å². The zero-order valence-electron chi connectivity index (χ0n) is 9.45. The summed E-state index contributed by atoms with van der Waals surface area (Å²) < 4.78 is 1.54. The second-order valence-electron chi connectivity index (χ2n) is 3.80. The molecule has 0 fully saturated rings. The summed E-state index contributed by atoms with van der Waals surface area (Å²) >= 11 is 18.0. The first-order valence-electron chi connectivity index (χ1n) is 5.15. The third-order valence-corrected chi connectivity index (χ3v) is 3.55. The fourth-order valence-corrected chi connectivity index (χ4v) is 2.36. The lowest BCUT2D eigenvalue weighted by Crippen LogP contribution is -2.02. The SMILES string of the molecule is Cc1nn(Cc2ccc(Cl)cc2Cl)c(Cl)c1C=O. The van der Waals surface area contributed by atoms with Crippen molar-refractivity contribution in [3.63, 3.8) is 0 Å². The summed E-state index contributed by atoms with van der Waals surface area (Å²) in [6.07, 6.45) is 0.699. The van der Waals surface area contributed by atoms with E-state index in [-0.39, 0.29) is 0 Å². The van der Waals surface area contributed by atoms with Crippen LogP contribution in [0.4, 0.5) is 0 Å². The molecular weight excluding hydrogens is 295 g/mol. The number of hydrogen-bond donors (Lipinski definition) is 0. The van der Waals surface area contributed by atoms with Gasteiger partial charge in [-0.1, -0.05) is 40.9 Å². The average Bonchev–Trinajstić information content (AvgIpc) is 2.58. The van der Waals surface area contributed by atoms with E-state index in [1.54, 1.807) is 25.1 Å². The van der Waals surface area contributed by atoms with Gasteiger partial charge in [0.25, 0.3) is 0 Å². The van der Waals surface area contributed by atoms with Crippen LogP contribution in [0.2, 0.25) is 15.2 Å². The number of halogens is 3. The first-order valence-corrected chi connectivity index (χ1v) is 6.28. The van der Waals surface area contributed by atoms with E-state index in [0.717, 1.165) is 5.56 Å². The first-order chi connectivity index (χ1) is 8.52. The molecule has 0 saturated heterocycles. The van der Waals surface area contributed by atoms with E-state index < -0.39 is 0 Å². The highest BCUT2D eigenvalue weighted by Crippen LogP contribution is 2.24. The second kappa shape index (κ2) is 5.31. The van der Waals surface area contributed by atoms with Gasteiger partial charge in [-0.15, -0.1) is 0 Å². The molecule has 0 aliphatic carbocycles. The molecule has 1 aromatic heterocycles. The molecule has 0 aliphatic rings. The van der Waals surface area contributed by atoms with Crippen LogP contribution in [-0.4, -0.2) is 16.1 Å². The van der Waals surface area contributed by atoms with Gasteiger partial charge in [-0.2, -0.15) is 5.10 Å². The van der Waals surface area contributed by atoms with Gasteiger partial charge in [0, 0.05) is 10.0 Å². The van der Waals surface area contributed by atoms with E-state index in [1.807, 2.05) is 0 Å². The van der Waals surface area contributed by atoms with Crippen LogP contribution >= 0.6 is 34.8 Å². The molecule has 0 bridgehead atoms. The molecule has 0 radical (unpaired) electrons. The number of nitrogens with zero attached hydrogens (tertiary/aromatic N) is 2. The molecule has 2 rings (SSSR count). The van der Waals surface area contributed by atoms with E-state index in [0.29, 0.717) is 39.3 Å². The average molecular weight is 304 g/mol. The molecule has 0 N–H and O–H groups in total. The summed E-state index contributed by atoms with van der Waals surface area (Å²) in [7, 11) is 0. The molecule has 0 atom stereocenters. The lowest BCUT2D eigenvalue weighted by molar-refractivity contribution is 0.112. The molecular formula is C12H9Cl3N2O. The van der Waals surface area contributed by atoms with Crippen molar-refractivity contribution in [3.8, 4) is 0 Å². The third kappa shape index (κ3) is 2.53. The lowest BCUT2D eigenvalue weighted by atomic mass is 10.2. The highest BCUT2D eigenvalue weighted by Gasteiger charge is 2.13. The van der Waals surface area contributed by atoms with Crippen molar-refractivity contribution in [2.45, 2.75) is 13.5 Å². The standard InChI is InChI=1S/C12H9Cl3N2O/c1-7-10(6-18)12(15)17(16-7)5-8-2-3-9(13)4-11(8)14/h2-4,6H,5H2,1H3. The van der Waals surface area contributed by atoms with Crippen molar-refractivity contribution >= 4 is 41.1 Å². The Morgan fingerprint density at radius 2 is 2.06 bits per heavy atom. The smallest absolute Gasteiger partial charge is 0.155 e. The lowest BCUT2D eigenvalue weighted by Gasteiger charge is -2.06. The molecule has 6 heteroatoms. The predicted octanol–water partition coefficient (Wildman–Crippen LogP) is 4.01. The normalized spacial score (nSPS) is 10.7. The van der Waals surface area contributed by atoms with Gasteiger partial charge >= 0.3 is 0 Å². The van der Waals surface area contributed by atoms with Crippen LogP contribution in [0.3, 0.4) is 0 Å². The van der Waals surface area contributed by atoms with Gasteiger partial charge in [-0.25, -0.2) is 4.68 Å². The van der Waals surface area contributed by atoms with Crippen LogP contribution in [0.25, 0.3) is 0 Å². The maximum absolute atomic E-state index is 10.8. The van der Waals surface area contributed by atoms with Gasteiger partial charge in [0.2, 0.25) is 0 Å². The van der Waals surface area contributed by atoms with Crippen LogP contribution in [0.15, 0.2) is 18.2 Å². The van der Waals surface area contributed by atoms with Crippen molar-refractivity contribution < 1.29 is 4.79 Å². The van der Waals surface area contributed by atoms with Gasteiger partial charge in [-0.05, 0) is 24.6 Å². The largest absolute Gasteiger partial charge is 0.298 e. The molecule has 3 nitrogen and oxygen atoms in total. The summed E-state index contributed by atoms with van der Waals surface area (Å²) in [4.78, 5) is 10.8. The molecule has 18 heavy (non-hydrogen) atoms. The van der Waals surface area contributed by atoms with E-state index >= 15 is 0 Å². The van der Waals surface area contributed by atoms with Gasteiger partial charge in [-0.3, -0.25) is 4.79 Å². The van der Waals surface area contributed by atoms with E-state index in [4.69, 9.17) is 34.8 Å². The highest BCUT2D eigenvalue weighted by molar-refractivity contribution is 6.35. The van der Waals surface area contributed by atoms with Crippen LogP contribution in [0.1, 0.15) is 21.6 Å².